The number of hydrogen-bond acceptors (Lipinski definition) is 10. The first-order valence-electron chi connectivity index (χ1n) is 20.9. The molecule has 4 aliphatic carbocycles. The normalized spacial score (nSPS) is 21.4. The van der Waals surface area contributed by atoms with E-state index in [0.717, 1.165) is 61.0 Å². The molecule has 0 saturated heterocycles. The van der Waals surface area contributed by atoms with Crippen LogP contribution in [-0.4, -0.2) is 79.3 Å². The number of nitrogens with zero attached hydrogens (tertiary/aromatic N) is 8. The van der Waals surface area contributed by atoms with Gasteiger partial charge in [0.2, 0.25) is 23.5 Å². The average molecular weight is 823 g/mol. The lowest BCUT2D eigenvalue weighted by Crippen LogP contribution is -2.53. The molecule has 18 heteroatoms. The van der Waals surface area contributed by atoms with Gasteiger partial charge in [0.15, 0.2) is 23.8 Å². The van der Waals surface area contributed by atoms with Crippen LogP contribution in [0, 0.1) is 33.1 Å². The Kier molecular flexibility index (Phi) is 10.2. The third-order valence-electron chi connectivity index (χ3n) is 13.0. The molecule has 18 nitrogen and oxygen atoms in total. The summed E-state index contributed by atoms with van der Waals surface area (Å²) in [6.07, 6.45) is 11.8. The maximum Gasteiger partial charge on any atom is 0.339 e. The van der Waals surface area contributed by atoms with Crippen LogP contribution in [0.25, 0.3) is 23.0 Å². The lowest BCUT2D eigenvalue weighted by molar-refractivity contribution is -0.625. The fourth-order valence-corrected chi connectivity index (χ4v) is 10.2. The monoisotopic (exact) mass is 822 g/mol. The molecule has 2 fully saturated rings. The summed E-state index contributed by atoms with van der Waals surface area (Å²) in [5, 5.41) is 49.3. The number of hydrogen-bond donors (Lipinski definition) is 4. The van der Waals surface area contributed by atoms with Gasteiger partial charge in [-0.05, 0) is 61.2 Å². The van der Waals surface area contributed by atoms with Crippen LogP contribution in [0.3, 0.4) is 0 Å². The van der Waals surface area contributed by atoms with Gasteiger partial charge in [0.05, 0.1) is 23.8 Å². The molecule has 6 atom stereocenters. The van der Waals surface area contributed by atoms with Crippen LogP contribution >= 0.6 is 0 Å². The van der Waals surface area contributed by atoms with Crippen molar-refractivity contribution in [3.05, 3.63) is 69.1 Å². The Labute approximate surface area is 348 Å². The van der Waals surface area contributed by atoms with E-state index in [1.807, 2.05) is 41.5 Å². The fraction of sp³-hybridized carbons (Fsp3) is 0.571. The third-order valence-corrected chi connectivity index (χ3v) is 13.0. The van der Waals surface area contributed by atoms with Crippen molar-refractivity contribution >= 4 is 23.6 Å². The number of fused-ring (bicyclic) bond motifs is 6. The van der Waals surface area contributed by atoms with E-state index in [4.69, 9.17) is 10.2 Å². The zero-order chi connectivity index (χ0) is 43.0. The van der Waals surface area contributed by atoms with E-state index in [9.17, 15) is 29.6 Å². The molecule has 4 aromatic heterocycles. The van der Waals surface area contributed by atoms with Gasteiger partial charge < -0.3 is 31.7 Å². The van der Waals surface area contributed by atoms with E-state index in [1.165, 1.54) is 48.2 Å². The van der Waals surface area contributed by atoms with Crippen molar-refractivity contribution in [3.8, 4) is 23.0 Å². The van der Waals surface area contributed by atoms with Gasteiger partial charge in [0.25, 0.3) is 11.8 Å². The number of amides is 4. The predicted octanol–water partition coefficient (Wildman–Crippen LogP) is 2.44. The molecule has 60 heavy (non-hydrogen) atoms. The van der Waals surface area contributed by atoms with Gasteiger partial charge in [-0.25, -0.2) is 19.3 Å². The lowest BCUT2D eigenvalue weighted by Gasteiger charge is -2.29. The molecule has 4 aliphatic rings. The summed E-state index contributed by atoms with van der Waals surface area (Å²) in [4.78, 5) is 63.7. The van der Waals surface area contributed by atoms with E-state index in [-0.39, 0.29) is 69.9 Å². The van der Waals surface area contributed by atoms with Crippen LogP contribution in [0.1, 0.15) is 135 Å². The van der Waals surface area contributed by atoms with Crippen molar-refractivity contribution in [2.45, 2.75) is 117 Å². The predicted molar refractivity (Wildman–Crippen MR) is 217 cm³/mol. The Bertz CT molecular complexity index is 2240. The molecule has 0 aromatic carbocycles. The largest absolute Gasteiger partial charge is 0.618 e. The minimum atomic E-state index is -0.867. The van der Waals surface area contributed by atoms with Gasteiger partial charge in [0.1, 0.15) is 12.1 Å². The molecule has 2 saturated carbocycles. The molecule has 4 N–H and O–H groups in total. The van der Waals surface area contributed by atoms with Crippen molar-refractivity contribution in [2.24, 2.45) is 22.7 Å². The molecular weight excluding hydrogens is 769 g/mol. The highest BCUT2D eigenvalue weighted by Crippen LogP contribution is 2.51. The second-order valence-corrected chi connectivity index (χ2v) is 18.9. The van der Waals surface area contributed by atoms with Crippen LogP contribution in [-0.2, 0) is 22.4 Å². The topological polar surface area (TPSA) is 232 Å². The quantitative estimate of drug-likeness (QED) is 0.142. The molecule has 4 aromatic rings. The minimum Gasteiger partial charge on any atom is -0.618 e. The Balaban J connectivity index is 1.29. The van der Waals surface area contributed by atoms with Crippen molar-refractivity contribution in [3.63, 3.8) is 0 Å². The van der Waals surface area contributed by atoms with Crippen LogP contribution < -0.4 is 30.7 Å². The van der Waals surface area contributed by atoms with Gasteiger partial charge in [-0.2, -0.15) is 19.7 Å². The third kappa shape index (κ3) is 6.73. The zero-order valence-corrected chi connectivity index (χ0v) is 35.5. The summed E-state index contributed by atoms with van der Waals surface area (Å²) in [5.41, 5.74) is 1.61. The molecule has 4 amide bonds. The molecule has 318 valence electrons. The van der Waals surface area contributed by atoms with Gasteiger partial charge in [-0.15, -0.1) is 0 Å². The second kappa shape index (κ2) is 15.0. The first kappa shape index (κ1) is 40.8. The van der Waals surface area contributed by atoms with E-state index in [1.54, 1.807) is 0 Å². The summed E-state index contributed by atoms with van der Waals surface area (Å²) in [5.74, 6) is -1.17. The maximum atomic E-state index is 14.2. The molecule has 0 aliphatic heterocycles. The van der Waals surface area contributed by atoms with Crippen molar-refractivity contribution in [1.82, 2.24) is 50.8 Å². The molecule has 8 rings (SSSR count). The fourth-order valence-electron chi connectivity index (χ4n) is 10.2. The van der Waals surface area contributed by atoms with Crippen molar-refractivity contribution in [2.75, 3.05) is 14.1 Å². The summed E-state index contributed by atoms with van der Waals surface area (Å²) >= 11 is 0. The first-order chi connectivity index (χ1) is 28.4. The van der Waals surface area contributed by atoms with Gasteiger partial charge >= 0.3 is 11.4 Å². The summed E-state index contributed by atoms with van der Waals surface area (Å²) in [6.45, 7) is 11.2. The Morgan fingerprint density at radius 2 is 1.05 bits per heavy atom. The summed E-state index contributed by atoms with van der Waals surface area (Å²) < 4.78 is 4.13. The molecule has 0 unspecified atom stereocenters. The first-order valence-corrected chi connectivity index (χ1v) is 20.9. The standard InChI is InChI=1S/C42H54N12O6/c1-41(2,3)33(39(57)43-7)47-37(55)27-25-19-21-11-9-13-23(21)29(25)53(49-27)35-31(51(59)17-15-45-35)32-36(46-16-18-52(32)60)54-30-24-14-10-12-22(24)20-26(30)28(50-54)38(56)48-34(40(58)44-8)42(4,5)6/h15-18,21-24,33-34H,9-14,19-20H2,1-8H3,(H,43,57)(H,44,58)(H,47,55)(H,48,56)/t21-,22-,23-,24-,33-,34-/m1/s1. The number of rotatable bonds is 9. The summed E-state index contributed by atoms with van der Waals surface area (Å²) in [7, 11) is 3.04. The zero-order valence-electron chi connectivity index (χ0n) is 35.5. The molecule has 4 heterocycles. The SMILES string of the molecule is CNC(=O)[C@@H](NC(=O)c1nn(-c2ncc[n+]([O-])c2-c2c(-n3nc(C(=O)N[C@H](C(=O)NC)C(C)(C)C)c4c3[C@@H]3CCC[C@@H]3C4)ncc[n+]2[O-])c2c1C[C@H]1CCC[C@@H]21)C(C)(C)C. The number of carbonyl (C=O) groups is 4. The Morgan fingerprint density at radius 1 is 0.667 bits per heavy atom. The lowest BCUT2D eigenvalue weighted by atomic mass is 9.86. The second-order valence-electron chi connectivity index (χ2n) is 18.9. The van der Waals surface area contributed by atoms with Crippen LogP contribution in [0.5, 0.6) is 0 Å². The van der Waals surface area contributed by atoms with Crippen molar-refractivity contribution < 1.29 is 28.6 Å². The van der Waals surface area contributed by atoms with Gasteiger partial charge in [-0.3, -0.25) is 19.2 Å². The number of likely N-dealkylation sites (N-methyl/N-ethyl adjacent to an activating group) is 2. The molecule has 0 bridgehead atoms. The van der Waals surface area contributed by atoms with Crippen molar-refractivity contribution in [1.29, 1.82) is 0 Å². The maximum absolute atomic E-state index is 14.2. The van der Waals surface area contributed by atoms with E-state index < -0.39 is 34.7 Å². The smallest absolute Gasteiger partial charge is 0.339 e. The number of nitrogens with one attached hydrogen (secondary N) is 4. The molecule has 0 radical (unpaired) electrons. The van der Waals surface area contributed by atoms with Gasteiger partial charge in [0, 0.05) is 37.1 Å². The Morgan fingerprint density at radius 3 is 1.40 bits per heavy atom. The van der Waals surface area contributed by atoms with E-state index >= 15 is 0 Å². The highest BCUT2D eigenvalue weighted by Gasteiger charge is 2.48. The number of aromatic nitrogens is 8. The van der Waals surface area contributed by atoms with E-state index in [0.29, 0.717) is 22.3 Å². The molecule has 0 spiro atoms. The minimum absolute atomic E-state index is 0.0204. The number of carbonyl (C=O) groups excluding carboxylic acids is 4. The summed E-state index contributed by atoms with van der Waals surface area (Å²) in [6, 6.07) is -1.73. The van der Waals surface area contributed by atoms with Crippen LogP contribution in [0.2, 0.25) is 0 Å². The highest BCUT2D eigenvalue weighted by atomic mass is 16.5. The highest BCUT2D eigenvalue weighted by molar-refractivity contribution is 5.99. The van der Waals surface area contributed by atoms with Gasteiger partial charge in [-0.1, -0.05) is 54.4 Å². The average Bonchev–Trinajstić information content (AvgIpc) is 4.04. The molecular formula is C42H54N12O6. The van der Waals surface area contributed by atoms with Crippen LogP contribution in [0.4, 0.5) is 0 Å². The van der Waals surface area contributed by atoms with E-state index in [2.05, 4.69) is 31.2 Å². The van der Waals surface area contributed by atoms with Crippen LogP contribution in [0.15, 0.2) is 24.8 Å². The Hall–Kier alpha value is -5.94.